The Kier molecular flexibility index (Phi) is 19.4. The van der Waals surface area contributed by atoms with Crippen LogP contribution in [-0.4, -0.2) is 83.3 Å². The van der Waals surface area contributed by atoms with Crippen molar-refractivity contribution in [1.29, 1.82) is 0 Å². The fourth-order valence-electron chi connectivity index (χ4n) is 7.33. The Morgan fingerprint density at radius 3 is 0.758 bits per heavy atom. The highest BCUT2D eigenvalue weighted by atomic mass is 127. The van der Waals surface area contributed by atoms with Crippen LogP contribution < -0.4 is 52.7 Å². The van der Waals surface area contributed by atoms with Crippen LogP contribution in [-0.2, 0) is 9.59 Å². The molecule has 0 unspecified atom stereocenters. The van der Waals surface area contributed by atoms with Crippen LogP contribution in [0.15, 0.2) is 97.1 Å². The molecule has 0 aliphatic carbocycles. The maximum absolute atomic E-state index is 12.6. The first-order valence-corrected chi connectivity index (χ1v) is 22.4. The van der Waals surface area contributed by atoms with Gasteiger partial charge in [0.2, 0.25) is 11.8 Å². The predicted molar refractivity (Wildman–Crippen MR) is 246 cm³/mol. The van der Waals surface area contributed by atoms with Gasteiger partial charge in [-0.05, 0) is 123 Å². The van der Waals surface area contributed by atoms with E-state index in [1.54, 1.807) is 97.1 Å². The van der Waals surface area contributed by atoms with Crippen molar-refractivity contribution in [2.45, 2.75) is 92.9 Å². The Balaban J connectivity index is 0.000000388. The SMILES string of the molecule is CC(=O)N1c2ccc(cc2)Oc2nnc(nn2)Oc2ccc(cc2)N(C(C)=O)c2ccc(cc2)Oc2nnc(nn2)Oc2ccc1cc2.CCCC[N+](CCCC)(CCCC)CCCC.[I-]. The average Bonchev–Trinajstić information content (AvgIpc) is 3.32. The van der Waals surface area contributed by atoms with E-state index >= 15 is 0 Å². The maximum Gasteiger partial charge on any atom is 0.360 e. The molecule has 4 aromatic carbocycles. The molecule has 0 spiro atoms. The molecule has 18 heteroatoms. The second-order valence-electron chi connectivity index (χ2n) is 15.7. The molecule has 10 aliphatic rings. The molecular formula is C48H58IN11O6. The Hall–Kier alpha value is -6.41. The van der Waals surface area contributed by atoms with Crippen LogP contribution in [0.25, 0.3) is 0 Å². The number of anilines is 4. The molecule has 0 radical (unpaired) electrons. The van der Waals surface area contributed by atoms with Crippen molar-refractivity contribution in [3.63, 3.8) is 0 Å². The minimum Gasteiger partial charge on any atom is -1.00 e. The number of carbonyl (C=O) groups excluding carboxylic acids is 2. The molecule has 66 heavy (non-hydrogen) atoms. The summed E-state index contributed by atoms with van der Waals surface area (Å²) in [6.07, 6.45) is 11.1. The summed E-state index contributed by atoms with van der Waals surface area (Å²) in [5.41, 5.74) is 2.35. The smallest absolute Gasteiger partial charge is 0.360 e. The van der Waals surface area contributed by atoms with Gasteiger partial charge in [0.25, 0.3) is 0 Å². The number of quaternary nitrogens is 1. The number of hydrogen-bond donors (Lipinski definition) is 0. The molecule has 348 valence electrons. The van der Waals surface area contributed by atoms with Crippen molar-refractivity contribution in [1.82, 2.24) is 40.8 Å². The summed E-state index contributed by atoms with van der Waals surface area (Å²) in [7, 11) is 0. The molecule has 2 amide bonds. The summed E-state index contributed by atoms with van der Waals surface area (Å²) in [5, 5.41) is 31.5. The Bertz CT molecular complexity index is 2070. The van der Waals surface area contributed by atoms with Gasteiger partial charge in [0.15, 0.2) is 0 Å². The van der Waals surface area contributed by atoms with Crippen molar-refractivity contribution < 1.29 is 57.0 Å². The lowest BCUT2D eigenvalue weighted by atomic mass is 10.1. The number of aromatic nitrogens is 8. The molecule has 6 aromatic rings. The number of nitrogens with zero attached hydrogens (tertiary/aromatic N) is 11. The molecule has 17 nitrogen and oxygen atoms in total. The first kappa shape index (κ1) is 50.6. The number of unbranched alkanes of at least 4 members (excludes halogenated alkanes) is 4. The van der Waals surface area contributed by atoms with E-state index in [4.69, 9.17) is 18.9 Å². The fraction of sp³-hybridized carbons (Fsp3) is 0.375. The summed E-state index contributed by atoms with van der Waals surface area (Å²) < 4.78 is 24.2. The monoisotopic (exact) mass is 1010 g/mol. The molecule has 0 N–H and O–H groups in total. The molecule has 12 bridgehead atoms. The zero-order valence-electron chi connectivity index (χ0n) is 38.5. The van der Waals surface area contributed by atoms with Crippen LogP contribution in [0.1, 0.15) is 92.9 Å². The minimum atomic E-state index is -0.219. The Morgan fingerprint density at radius 1 is 0.394 bits per heavy atom. The van der Waals surface area contributed by atoms with Gasteiger partial charge in [-0.15, -0.1) is 0 Å². The third-order valence-electron chi connectivity index (χ3n) is 10.7. The molecule has 16 rings (SSSR count). The van der Waals surface area contributed by atoms with E-state index in [1.165, 1.54) is 106 Å². The van der Waals surface area contributed by atoms with Gasteiger partial charge >= 0.3 is 24.0 Å². The predicted octanol–water partition coefficient (Wildman–Crippen LogP) is 7.71. The van der Waals surface area contributed by atoms with E-state index in [2.05, 4.69) is 68.5 Å². The highest BCUT2D eigenvalue weighted by molar-refractivity contribution is 5.99. The molecule has 0 fully saturated rings. The third-order valence-corrected chi connectivity index (χ3v) is 10.7. The van der Waals surface area contributed by atoms with Gasteiger partial charge in [0.1, 0.15) is 23.0 Å². The summed E-state index contributed by atoms with van der Waals surface area (Å²) in [5.74, 6) is 1.12. The Morgan fingerprint density at radius 2 is 0.591 bits per heavy atom. The van der Waals surface area contributed by atoms with Gasteiger partial charge in [-0.1, -0.05) is 94.2 Å². The molecule has 12 heterocycles. The maximum atomic E-state index is 12.6. The first-order valence-electron chi connectivity index (χ1n) is 22.4. The quantitative estimate of drug-likeness (QED) is 0.0859. The van der Waals surface area contributed by atoms with E-state index in [1.807, 2.05) is 0 Å². The molecule has 10 aliphatic heterocycles. The number of ether oxygens (including phenoxy) is 4. The zero-order valence-corrected chi connectivity index (χ0v) is 40.6. The van der Waals surface area contributed by atoms with Crippen molar-refractivity contribution in [3.05, 3.63) is 97.1 Å². The minimum absolute atomic E-state index is 0. The van der Waals surface area contributed by atoms with Crippen molar-refractivity contribution >= 4 is 34.6 Å². The van der Waals surface area contributed by atoms with Crippen LogP contribution in [0, 0.1) is 0 Å². The number of amides is 2. The van der Waals surface area contributed by atoms with E-state index in [0.717, 1.165) is 0 Å². The lowest BCUT2D eigenvalue weighted by Crippen LogP contribution is -3.00. The van der Waals surface area contributed by atoms with Crippen LogP contribution >= 0.6 is 0 Å². The van der Waals surface area contributed by atoms with Gasteiger partial charge in [0.05, 0.1) is 26.2 Å². The van der Waals surface area contributed by atoms with Gasteiger partial charge in [-0.2, -0.15) is 0 Å². The molecule has 0 saturated heterocycles. The molecule has 0 saturated carbocycles. The number of carbonyl (C=O) groups is 2. The largest absolute Gasteiger partial charge is 1.00 e. The van der Waals surface area contributed by atoms with Gasteiger partial charge in [-0.25, -0.2) is 0 Å². The zero-order chi connectivity index (χ0) is 46.0. The van der Waals surface area contributed by atoms with Gasteiger partial charge in [0, 0.05) is 36.6 Å². The highest BCUT2D eigenvalue weighted by Gasteiger charge is 2.25. The molecule has 2 aromatic heterocycles. The lowest BCUT2D eigenvalue weighted by molar-refractivity contribution is -0.929. The van der Waals surface area contributed by atoms with Gasteiger partial charge < -0.3 is 47.4 Å². The lowest BCUT2D eigenvalue weighted by Gasteiger charge is -2.39. The van der Waals surface area contributed by atoms with E-state index in [0.29, 0.717) is 45.7 Å². The van der Waals surface area contributed by atoms with Crippen molar-refractivity contribution in [3.8, 4) is 47.0 Å². The second kappa shape index (κ2) is 25.3. The van der Waals surface area contributed by atoms with E-state index < -0.39 is 0 Å². The Labute approximate surface area is 403 Å². The van der Waals surface area contributed by atoms with Crippen molar-refractivity contribution in [2.24, 2.45) is 0 Å². The summed E-state index contributed by atoms with van der Waals surface area (Å²) >= 11 is 0. The normalized spacial score (nSPS) is 12.0. The molecule has 0 atom stereocenters. The van der Waals surface area contributed by atoms with Crippen LogP contribution in [0.2, 0.25) is 0 Å². The van der Waals surface area contributed by atoms with E-state index in [-0.39, 0.29) is 59.8 Å². The van der Waals surface area contributed by atoms with Crippen LogP contribution in [0.4, 0.5) is 22.7 Å². The van der Waals surface area contributed by atoms with E-state index in [9.17, 15) is 9.59 Å². The molecular weight excluding hydrogens is 954 g/mol. The standard InChI is InChI=1S/C32H22N10O6.C16H36N.HI/c1-19(43)41-21-3-11-25(12-4-21)45-29-33-37-31(38-34-29)47-27-15-7-23(8-16-27)42(20(2)44)24-9-17-28(18-10-24)48-32-39-35-30(36-40-32)46-26-13-5-22(41)6-14-26;1-5-9-13-17(14-10-6-2,15-11-7-3)16-12-8-4;/h3-18H,1-2H3;5-16H2,1-4H3;1H/q;+1;/p-1. The summed E-state index contributed by atoms with van der Waals surface area (Å²) in [4.78, 5) is 28.3. The first-order chi connectivity index (χ1) is 31.6. The topological polar surface area (TPSA) is 181 Å². The number of halogens is 1. The van der Waals surface area contributed by atoms with Gasteiger partial charge in [-0.3, -0.25) is 19.4 Å². The van der Waals surface area contributed by atoms with Crippen molar-refractivity contribution in [2.75, 3.05) is 36.0 Å². The number of hydrogen-bond acceptors (Lipinski definition) is 14. The van der Waals surface area contributed by atoms with Crippen LogP contribution in [0.5, 0.6) is 47.0 Å². The number of benzene rings is 4. The highest BCUT2D eigenvalue weighted by Crippen LogP contribution is 2.33. The summed E-state index contributed by atoms with van der Waals surface area (Å²) in [6, 6.07) is 26.4. The summed E-state index contributed by atoms with van der Waals surface area (Å²) in [6.45, 7) is 17.9. The fourth-order valence-corrected chi connectivity index (χ4v) is 7.33. The average molecular weight is 1010 g/mol. The second-order valence-corrected chi connectivity index (χ2v) is 15.7. The number of rotatable bonds is 12. The van der Waals surface area contributed by atoms with Crippen LogP contribution in [0.3, 0.4) is 0 Å². The third kappa shape index (κ3) is 14.3.